The lowest BCUT2D eigenvalue weighted by atomic mass is 10.1. The number of alkyl halides is 1. The van der Waals surface area contributed by atoms with Crippen molar-refractivity contribution in [2.45, 2.75) is 45.4 Å². The maximum absolute atomic E-state index is 12.1. The molecule has 0 N–H and O–H groups in total. The summed E-state index contributed by atoms with van der Waals surface area (Å²) in [6, 6.07) is 6.50. The van der Waals surface area contributed by atoms with Gasteiger partial charge in [0.05, 0.1) is 23.6 Å². The van der Waals surface area contributed by atoms with Gasteiger partial charge in [0.2, 0.25) is 0 Å². The van der Waals surface area contributed by atoms with Crippen molar-refractivity contribution in [3.63, 3.8) is 0 Å². The average molecular weight is 341 g/mol. The maximum atomic E-state index is 12.1. The van der Waals surface area contributed by atoms with Crippen LogP contribution in [0.15, 0.2) is 24.3 Å². The van der Waals surface area contributed by atoms with Gasteiger partial charge in [0, 0.05) is 0 Å². The molecule has 0 amide bonds. The molecule has 0 spiro atoms. The lowest BCUT2D eigenvalue weighted by Gasteiger charge is -2.09. The molecule has 0 aromatic heterocycles. The van der Waals surface area contributed by atoms with Crippen molar-refractivity contribution in [1.82, 2.24) is 0 Å². The van der Waals surface area contributed by atoms with Crippen LogP contribution >= 0.6 is 11.6 Å². The van der Waals surface area contributed by atoms with Gasteiger partial charge in [0.25, 0.3) is 0 Å². The fourth-order valence-corrected chi connectivity index (χ4v) is 2.25. The van der Waals surface area contributed by atoms with Crippen LogP contribution in [0.25, 0.3) is 0 Å². The molecule has 23 heavy (non-hydrogen) atoms. The molecule has 0 aliphatic rings. The summed E-state index contributed by atoms with van der Waals surface area (Å²) >= 11 is 5.50. The number of hydrogen-bond acceptors (Lipinski definition) is 4. The van der Waals surface area contributed by atoms with E-state index in [1.165, 1.54) is 19.3 Å². The molecule has 0 saturated heterocycles. The normalized spacial score (nSPS) is 10.3. The zero-order valence-corrected chi connectivity index (χ0v) is 14.4. The fraction of sp³-hybridized carbons (Fsp3) is 0.556. The number of ether oxygens (including phenoxy) is 2. The second kappa shape index (κ2) is 11.9. The number of rotatable bonds is 11. The van der Waals surface area contributed by atoms with E-state index in [1.54, 1.807) is 24.3 Å². The van der Waals surface area contributed by atoms with Crippen molar-refractivity contribution in [3.05, 3.63) is 35.4 Å². The topological polar surface area (TPSA) is 52.6 Å². The van der Waals surface area contributed by atoms with E-state index < -0.39 is 11.9 Å². The molecule has 5 heteroatoms. The Morgan fingerprint density at radius 3 is 1.96 bits per heavy atom. The number of esters is 2. The number of carbonyl (C=O) groups excluding carboxylic acids is 2. The molecule has 128 valence electrons. The zero-order chi connectivity index (χ0) is 16.9. The summed E-state index contributed by atoms with van der Waals surface area (Å²) in [5.74, 6) is -0.828. The van der Waals surface area contributed by atoms with Gasteiger partial charge in [-0.05, 0) is 18.6 Å². The zero-order valence-electron chi connectivity index (χ0n) is 13.7. The highest BCUT2D eigenvalue weighted by molar-refractivity contribution is 6.18. The molecule has 1 aromatic carbocycles. The largest absolute Gasteiger partial charge is 0.462 e. The Kier molecular flexibility index (Phi) is 10.1. The number of carbonyl (C=O) groups is 2. The van der Waals surface area contributed by atoms with Gasteiger partial charge >= 0.3 is 11.9 Å². The van der Waals surface area contributed by atoms with Gasteiger partial charge in [-0.2, -0.15) is 0 Å². The third kappa shape index (κ3) is 7.51. The lowest BCUT2D eigenvalue weighted by molar-refractivity contribution is 0.0463. The Bertz CT molecular complexity index is 488. The summed E-state index contributed by atoms with van der Waals surface area (Å²) < 4.78 is 10.2. The van der Waals surface area contributed by atoms with Gasteiger partial charge in [-0.25, -0.2) is 9.59 Å². The Labute approximate surface area is 143 Å². The average Bonchev–Trinajstić information content (AvgIpc) is 2.58. The van der Waals surface area contributed by atoms with Crippen LogP contribution in [0.1, 0.15) is 66.2 Å². The predicted octanol–water partition coefficient (Wildman–Crippen LogP) is 4.60. The van der Waals surface area contributed by atoms with E-state index in [-0.39, 0.29) is 23.6 Å². The van der Waals surface area contributed by atoms with Gasteiger partial charge in [-0.15, -0.1) is 11.6 Å². The van der Waals surface area contributed by atoms with E-state index in [9.17, 15) is 9.59 Å². The van der Waals surface area contributed by atoms with Crippen molar-refractivity contribution in [3.8, 4) is 0 Å². The van der Waals surface area contributed by atoms with Crippen LogP contribution in [0.4, 0.5) is 0 Å². The number of benzene rings is 1. The molecule has 1 aromatic rings. The molecule has 0 saturated carbocycles. The Morgan fingerprint density at radius 1 is 0.870 bits per heavy atom. The van der Waals surface area contributed by atoms with Crippen LogP contribution in [0.3, 0.4) is 0 Å². The van der Waals surface area contributed by atoms with E-state index in [1.807, 2.05) is 0 Å². The standard InChI is InChI=1S/C18H25ClO4/c1-2-3-4-5-6-9-13-22-17(20)15-10-7-8-11-16(15)18(21)23-14-12-19/h7-8,10-11H,2-6,9,12-14H2,1H3. The smallest absolute Gasteiger partial charge is 0.339 e. The quantitative estimate of drug-likeness (QED) is 0.335. The van der Waals surface area contributed by atoms with Gasteiger partial charge in [-0.1, -0.05) is 51.2 Å². The fourth-order valence-electron chi connectivity index (χ4n) is 2.17. The van der Waals surface area contributed by atoms with Gasteiger partial charge in [-0.3, -0.25) is 0 Å². The van der Waals surface area contributed by atoms with E-state index in [0.29, 0.717) is 6.61 Å². The summed E-state index contributed by atoms with van der Waals surface area (Å²) in [4.78, 5) is 24.0. The van der Waals surface area contributed by atoms with Crippen molar-refractivity contribution in [2.75, 3.05) is 19.1 Å². The second-order valence-corrected chi connectivity index (χ2v) is 5.65. The van der Waals surface area contributed by atoms with E-state index in [0.717, 1.165) is 19.3 Å². The summed E-state index contributed by atoms with van der Waals surface area (Å²) in [5, 5.41) is 0. The van der Waals surface area contributed by atoms with Crippen LogP contribution in [0.5, 0.6) is 0 Å². The number of hydrogen-bond donors (Lipinski definition) is 0. The van der Waals surface area contributed by atoms with Crippen LogP contribution in [-0.2, 0) is 9.47 Å². The summed E-state index contributed by atoms with van der Waals surface area (Å²) in [5.41, 5.74) is 0.448. The lowest BCUT2D eigenvalue weighted by Crippen LogP contribution is -2.15. The molecule has 0 heterocycles. The summed E-state index contributed by atoms with van der Waals surface area (Å²) in [6.45, 7) is 2.66. The molecular weight excluding hydrogens is 316 g/mol. The van der Waals surface area contributed by atoms with Crippen LogP contribution < -0.4 is 0 Å². The van der Waals surface area contributed by atoms with Gasteiger partial charge in [0.1, 0.15) is 6.61 Å². The van der Waals surface area contributed by atoms with Crippen LogP contribution in [0.2, 0.25) is 0 Å². The maximum Gasteiger partial charge on any atom is 0.339 e. The monoisotopic (exact) mass is 340 g/mol. The molecule has 1 rings (SSSR count). The minimum atomic E-state index is -0.558. The highest BCUT2D eigenvalue weighted by atomic mass is 35.5. The Morgan fingerprint density at radius 2 is 1.39 bits per heavy atom. The Balaban J connectivity index is 2.45. The predicted molar refractivity (Wildman–Crippen MR) is 91.1 cm³/mol. The minimum Gasteiger partial charge on any atom is -0.462 e. The van der Waals surface area contributed by atoms with Crippen molar-refractivity contribution in [1.29, 1.82) is 0 Å². The van der Waals surface area contributed by atoms with Crippen molar-refractivity contribution < 1.29 is 19.1 Å². The van der Waals surface area contributed by atoms with Crippen molar-refractivity contribution >= 4 is 23.5 Å². The first kappa shape index (κ1) is 19.5. The molecule has 0 unspecified atom stereocenters. The third-order valence-corrected chi connectivity index (χ3v) is 3.56. The first-order chi connectivity index (χ1) is 11.2. The second-order valence-electron chi connectivity index (χ2n) is 5.27. The van der Waals surface area contributed by atoms with E-state index in [2.05, 4.69) is 6.92 Å². The highest BCUT2D eigenvalue weighted by Crippen LogP contribution is 2.13. The first-order valence-corrected chi connectivity index (χ1v) is 8.73. The molecule has 0 aliphatic carbocycles. The van der Waals surface area contributed by atoms with E-state index in [4.69, 9.17) is 21.1 Å². The molecule has 4 nitrogen and oxygen atoms in total. The van der Waals surface area contributed by atoms with Gasteiger partial charge < -0.3 is 9.47 Å². The first-order valence-electron chi connectivity index (χ1n) is 8.20. The van der Waals surface area contributed by atoms with Gasteiger partial charge in [0.15, 0.2) is 0 Å². The minimum absolute atomic E-state index is 0.113. The number of halogens is 1. The SMILES string of the molecule is CCCCCCCCOC(=O)c1ccccc1C(=O)OCCCl. The van der Waals surface area contributed by atoms with Crippen LogP contribution in [0, 0.1) is 0 Å². The van der Waals surface area contributed by atoms with E-state index >= 15 is 0 Å². The molecule has 0 fully saturated rings. The molecule has 0 atom stereocenters. The number of unbranched alkanes of at least 4 members (excludes halogenated alkanes) is 5. The summed E-state index contributed by atoms with van der Waals surface area (Å²) in [7, 11) is 0. The molecular formula is C18H25ClO4. The van der Waals surface area contributed by atoms with Crippen molar-refractivity contribution in [2.24, 2.45) is 0 Å². The third-order valence-electron chi connectivity index (χ3n) is 3.41. The molecule has 0 bridgehead atoms. The summed E-state index contributed by atoms with van der Waals surface area (Å²) in [6.07, 6.45) is 6.73. The molecule has 0 aliphatic heterocycles. The highest BCUT2D eigenvalue weighted by Gasteiger charge is 2.18. The molecule has 0 radical (unpaired) electrons. The Hall–Kier alpha value is -1.55. The van der Waals surface area contributed by atoms with Crippen LogP contribution in [-0.4, -0.2) is 31.0 Å².